The van der Waals surface area contributed by atoms with Crippen LogP contribution < -0.4 is 0 Å². The van der Waals surface area contributed by atoms with E-state index in [9.17, 15) is 18.8 Å². The van der Waals surface area contributed by atoms with Gasteiger partial charge in [-0.15, -0.1) is 0 Å². The van der Waals surface area contributed by atoms with Gasteiger partial charge in [-0.3, -0.25) is 19.3 Å². The molecule has 0 atom stereocenters. The van der Waals surface area contributed by atoms with Crippen molar-refractivity contribution in [3.05, 3.63) is 40.6 Å². The molecule has 1 N–H and O–H groups in total. The Balaban J connectivity index is 1.64. The fourth-order valence-corrected chi connectivity index (χ4v) is 4.25. The number of likely N-dealkylation sites (tertiary alicyclic amines) is 1. The number of aliphatic carboxylic acids is 1. The van der Waals surface area contributed by atoms with Crippen molar-refractivity contribution in [3.8, 4) is 0 Å². The molecule has 2 heterocycles. The third-order valence-electron chi connectivity index (χ3n) is 4.51. The summed E-state index contributed by atoms with van der Waals surface area (Å²) in [5.74, 6) is -2.33. The van der Waals surface area contributed by atoms with Crippen LogP contribution in [0.2, 0.25) is 0 Å². The maximum atomic E-state index is 13.3. The molecule has 2 aliphatic rings. The molecule has 0 saturated carbocycles. The van der Waals surface area contributed by atoms with Crippen LogP contribution in [0.15, 0.2) is 29.2 Å². The van der Waals surface area contributed by atoms with Crippen molar-refractivity contribution in [1.82, 2.24) is 9.80 Å². The van der Waals surface area contributed by atoms with Crippen LogP contribution in [0, 0.1) is 11.7 Å². The van der Waals surface area contributed by atoms with Gasteiger partial charge >= 0.3 is 5.97 Å². The summed E-state index contributed by atoms with van der Waals surface area (Å²) < 4.78 is 13.6. The van der Waals surface area contributed by atoms with E-state index in [0.29, 0.717) is 36.4 Å². The highest BCUT2D eigenvalue weighted by atomic mass is 32.2. The van der Waals surface area contributed by atoms with Crippen molar-refractivity contribution in [1.29, 1.82) is 0 Å². The second kappa shape index (κ2) is 8.18. The molecule has 2 saturated heterocycles. The Morgan fingerprint density at radius 3 is 2.67 bits per heavy atom. The van der Waals surface area contributed by atoms with E-state index in [2.05, 4.69) is 0 Å². The average Bonchev–Trinajstić information content (AvgIpc) is 2.89. The lowest BCUT2D eigenvalue weighted by molar-refractivity contribution is -0.146. The molecule has 1 aromatic carbocycles. The van der Waals surface area contributed by atoms with Crippen LogP contribution in [0.4, 0.5) is 4.39 Å². The van der Waals surface area contributed by atoms with E-state index in [-0.39, 0.29) is 22.7 Å². The molecule has 0 spiro atoms. The van der Waals surface area contributed by atoms with Crippen LogP contribution >= 0.6 is 24.0 Å². The summed E-state index contributed by atoms with van der Waals surface area (Å²) in [7, 11) is 0. The molecule has 1 aromatic rings. The Hall–Kier alpha value is -2.26. The Morgan fingerprint density at radius 1 is 1.33 bits per heavy atom. The molecule has 142 valence electrons. The van der Waals surface area contributed by atoms with Crippen LogP contribution in [0.3, 0.4) is 0 Å². The third-order valence-corrected chi connectivity index (χ3v) is 5.89. The summed E-state index contributed by atoms with van der Waals surface area (Å²) in [6, 6.07) is 5.85. The van der Waals surface area contributed by atoms with E-state index in [1.807, 2.05) is 0 Å². The molecular formula is C18H17FN2O4S2. The van der Waals surface area contributed by atoms with Crippen molar-refractivity contribution in [2.24, 2.45) is 5.92 Å². The van der Waals surface area contributed by atoms with Crippen molar-refractivity contribution < 1.29 is 23.9 Å². The number of thiocarbonyl (C=S) groups is 1. The van der Waals surface area contributed by atoms with Crippen LogP contribution in [-0.4, -0.2) is 56.6 Å². The van der Waals surface area contributed by atoms with E-state index >= 15 is 0 Å². The minimum Gasteiger partial charge on any atom is -0.481 e. The van der Waals surface area contributed by atoms with Gasteiger partial charge in [0, 0.05) is 13.1 Å². The fourth-order valence-electron chi connectivity index (χ4n) is 3.00. The number of carboxylic acids is 1. The van der Waals surface area contributed by atoms with E-state index in [1.165, 1.54) is 17.0 Å². The first-order valence-corrected chi connectivity index (χ1v) is 9.59. The molecule has 9 heteroatoms. The number of amides is 2. The Labute approximate surface area is 165 Å². The van der Waals surface area contributed by atoms with Crippen LogP contribution in [0.1, 0.15) is 18.4 Å². The zero-order valence-corrected chi connectivity index (χ0v) is 15.9. The van der Waals surface area contributed by atoms with Gasteiger partial charge in [0.05, 0.1) is 10.8 Å². The first-order valence-electron chi connectivity index (χ1n) is 8.36. The molecular weight excluding hydrogens is 391 g/mol. The van der Waals surface area contributed by atoms with Crippen molar-refractivity contribution in [2.45, 2.75) is 12.8 Å². The fraction of sp³-hybridized carbons (Fsp3) is 0.333. The second-order valence-corrected chi connectivity index (χ2v) is 7.99. The number of hydrogen-bond donors (Lipinski definition) is 1. The van der Waals surface area contributed by atoms with E-state index < -0.39 is 17.7 Å². The molecule has 2 amide bonds. The highest BCUT2D eigenvalue weighted by molar-refractivity contribution is 8.26. The maximum Gasteiger partial charge on any atom is 0.306 e. The summed E-state index contributed by atoms with van der Waals surface area (Å²) >= 11 is 6.29. The highest BCUT2D eigenvalue weighted by Crippen LogP contribution is 2.32. The number of halogens is 1. The quantitative estimate of drug-likeness (QED) is 0.609. The van der Waals surface area contributed by atoms with Gasteiger partial charge < -0.3 is 10.0 Å². The normalized spacial score (nSPS) is 19.8. The van der Waals surface area contributed by atoms with Gasteiger partial charge in [0.1, 0.15) is 16.7 Å². The molecule has 0 radical (unpaired) electrons. The van der Waals surface area contributed by atoms with Crippen molar-refractivity contribution >= 4 is 52.2 Å². The molecule has 0 bridgehead atoms. The van der Waals surface area contributed by atoms with Crippen LogP contribution in [0.5, 0.6) is 0 Å². The number of hydrogen-bond acceptors (Lipinski definition) is 5. The number of carbonyl (C=O) groups is 3. The van der Waals surface area contributed by atoms with Crippen LogP contribution in [0.25, 0.3) is 6.08 Å². The zero-order chi connectivity index (χ0) is 19.6. The minimum atomic E-state index is -0.846. The van der Waals surface area contributed by atoms with Gasteiger partial charge in [0.25, 0.3) is 5.91 Å². The second-order valence-electron chi connectivity index (χ2n) is 6.32. The summed E-state index contributed by atoms with van der Waals surface area (Å²) in [6.07, 6.45) is 2.35. The molecule has 6 nitrogen and oxygen atoms in total. The molecule has 0 unspecified atom stereocenters. The Bertz CT molecular complexity index is 834. The summed E-state index contributed by atoms with van der Waals surface area (Å²) in [6.45, 7) is 0.524. The number of carbonyl (C=O) groups excluding carboxylic acids is 2. The first-order chi connectivity index (χ1) is 12.8. The van der Waals surface area contributed by atoms with Gasteiger partial charge in [-0.25, -0.2) is 4.39 Å². The standard InChI is InChI=1S/C18H17FN2O4S2/c19-13-3-1-2-11(8-13)9-14-16(23)21(18(26)27-14)10-15(22)20-6-4-12(5-7-20)17(24)25/h1-3,8-9,12H,4-7,10H2,(H,24,25)/b14-9-. The predicted octanol–water partition coefficient (Wildman–Crippen LogP) is 2.35. The van der Waals surface area contributed by atoms with Gasteiger partial charge in [-0.2, -0.15) is 0 Å². The molecule has 3 rings (SSSR count). The number of piperidine rings is 1. The third kappa shape index (κ3) is 4.54. The lowest BCUT2D eigenvalue weighted by Crippen LogP contribution is -2.46. The Morgan fingerprint density at radius 2 is 2.04 bits per heavy atom. The lowest BCUT2D eigenvalue weighted by atomic mass is 9.97. The number of rotatable bonds is 4. The average molecular weight is 408 g/mol. The van der Waals surface area contributed by atoms with Crippen molar-refractivity contribution in [2.75, 3.05) is 19.6 Å². The predicted molar refractivity (Wildman–Crippen MR) is 103 cm³/mol. The number of benzene rings is 1. The molecule has 0 aliphatic carbocycles. The number of nitrogens with zero attached hydrogens (tertiary/aromatic N) is 2. The first kappa shape index (κ1) is 19.5. The van der Waals surface area contributed by atoms with E-state index in [0.717, 1.165) is 11.8 Å². The zero-order valence-electron chi connectivity index (χ0n) is 14.3. The van der Waals surface area contributed by atoms with E-state index in [1.54, 1.807) is 23.1 Å². The van der Waals surface area contributed by atoms with Gasteiger partial charge in [0.15, 0.2) is 0 Å². The van der Waals surface area contributed by atoms with Gasteiger partial charge in [-0.05, 0) is 36.6 Å². The summed E-state index contributed by atoms with van der Waals surface area (Å²) in [5.41, 5.74) is 0.539. The molecule has 0 aromatic heterocycles. The largest absolute Gasteiger partial charge is 0.481 e. The van der Waals surface area contributed by atoms with E-state index in [4.69, 9.17) is 17.3 Å². The van der Waals surface area contributed by atoms with Crippen molar-refractivity contribution in [3.63, 3.8) is 0 Å². The smallest absolute Gasteiger partial charge is 0.306 e. The lowest BCUT2D eigenvalue weighted by Gasteiger charge is -2.31. The van der Waals surface area contributed by atoms with Gasteiger partial charge in [0.2, 0.25) is 5.91 Å². The van der Waals surface area contributed by atoms with Crippen LogP contribution in [-0.2, 0) is 14.4 Å². The topological polar surface area (TPSA) is 77.9 Å². The van der Waals surface area contributed by atoms with Gasteiger partial charge in [-0.1, -0.05) is 36.1 Å². The highest BCUT2D eigenvalue weighted by Gasteiger charge is 2.35. The monoisotopic (exact) mass is 408 g/mol. The Kier molecular flexibility index (Phi) is 5.91. The minimum absolute atomic E-state index is 0.178. The molecule has 27 heavy (non-hydrogen) atoms. The summed E-state index contributed by atoms with van der Waals surface area (Å²) in [4.78, 5) is 39.2. The number of carboxylic acid groups (broad SMARTS) is 1. The molecule has 2 fully saturated rings. The SMILES string of the molecule is O=C(O)C1CCN(C(=O)CN2C(=O)/C(=C/c3cccc(F)c3)SC2=S)CC1. The number of thioether (sulfide) groups is 1. The molecule has 2 aliphatic heterocycles. The summed E-state index contributed by atoms with van der Waals surface area (Å²) in [5, 5.41) is 9.02. The maximum absolute atomic E-state index is 13.3.